The average Bonchev–Trinajstić information content (AvgIpc) is 2.59. The van der Waals surface area contributed by atoms with E-state index in [1.165, 1.54) is 5.56 Å². The normalized spacial score (nSPS) is 11.5. The van der Waals surface area contributed by atoms with Crippen molar-refractivity contribution in [3.05, 3.63) is 71.3 Å². The molecule has 0 aliphatic rings. The zero-order valence-corrected chi connectivity index (χ0v) is 15.5. The van der Waals surface area contributed by atoms with Gasteiger partial charge < -0.3 is 10.1 Å². The van der Waals surface area contributed by atoms with E-state index in [-0.39, 0.29) is 11.3 Å². The Bertz CT molecular complexity index is 707. The maximum atomic E-state index is 12.0. The lowest BCUT2D eigenvalue weighted by Gasteiger charge is -2.18. The van der Waals surface area contributed by atoms with Crippen molar-refractivity contribution < 1.29 is 9.53 Å². The van der Waals surface area contributed by atoms with Crippen LogP contribution in [0.3, 0.4) is 0 Å². The minimum atomic E-state index is -0.103. The molecule has 132 valence electrons. The molecule has 0 saturated heterocycles. The third-order valence-electron chi connectivity index (χ3n) is 3.90. The fraction of sp³-hybridized carbons (Fsp3) is 0.318. The highest BCUT2D eigenvalue weighted by Gasteiger charge is 2.12. The van der Waals surface area contributed by atoms with Crippen LogP contribution in [0.25, 0.3) is 6.08 Å². The van der Waals surface area contributed by atoms with Crippen molar-refractivity contribution in [2.45, 2.75) is 39.7 Å². The number of nitrogens with one attached hydrogen (secondary N) is 1. The molecule has 2 rings (SSSR count). The highest BCUT2D eigenvalue weighted by atomic mass is 16.5. The van der Waals surface area contributed by atoms with Gasteiger partial charge in [0.2, 0.25) is 5.91 Å². The number of carbonyl (C=O) groups excluding carboxylic acids is 1. The lowest BCUT2D eigenvalue weighted by atomic mass is 9.87. The Morgan fingerprint density at radius 2 is 1.68 bits per heavy atom. The number of ether oxygens (including phenoxy) is 1. The second-order valence-electron chi connectivity index (χ2n) is 7.00. The van der Waals surface area contributed by atoms with E-state index < -0.39 is 0 Å². The molecule has 0 aromatic heterocycles. The van der Waals surface area contributed by atoms with Crippen molar-refractivity contribution in [3.63, 3.8) is 0 Å². The zero-order valence-electron chi connectivity index (χ0n) is 15.5. The molecule has 0 fully saturated rings. The summed E-state index contributed by atoms with van der Waals surface area (Å²) in [5.74, 6) is 0.741. The first-order chi connectivity index (χ1) is 11.9. The van der Waals surface area contributed by atoms with Gasteiger partial charge in [-0.3, -0.25) is 4.79 Å². The average molecular weight is 337 g/mol. The number of carbonyl (C=O) groups is 1. The molecular weight excluding hydrogens is 310 g/mol. The van der Waals surface area contributed by atoms with Crippen LogP contribution in [-0.2, 0) is 16.8 Å². The SMILES string of the molecule is CCOc1ccc(CNC(=O)/C=C/c2ccc(C(C)(C)C)cc2)cc1. The van der Waals surface area contributed by atoms with E-state index in [0.717, 1.165) is 16.9 Å². The van der Waals surface area contributed by atoms with Crippen molar-refractivity contribution in [1.82, 2.24) is 5.32 Å². The molecule has 3 nitrogen and oxygen atoms in total. The molecule has 0 spiro atoms. The van der Waals surface area contributed by atoms with Crippen LogP contribution in [0, 0.1) is 0 Å². The number of amides is 1. The van der Waals surface area contributed by atoms with Crippen LogP contribution in [0.1, 0.15) is 44.4 Å². The van der Waals surface area contributed by atoms with Gasteiger partial charge in [-0.25, -0.2) is 0 Å². The van der Waals surface area contributed by atoms with Gasteiger partial charge in [0.15, 0.2) is 0 Å². The van der Waals surface area contributed by atoms with Gasteiger partial charge in [-0.05, 0) is 47.2 Å². The molecule has 0 heterocycles. The molecule has 0 unspecified atom stereocenters. The van der Waals surface area contributed by atoms with E-state index in [9.17, 15) is 4.79 Å². The first-order valence-corrected chi connectivity index (χ1v) is 8.66. The van der Waals surface area contributed by atoms with Crippen molar-refractivity contribution in [2.24, 2.45) is 0 Å². The summed E-state index contributed by atoms with van der Waals surface area (Å²) in [6, 6.07) is 16.0. The summed E-state index contributed by atoms with van der Waals surface area (Å²) in [7, 11) is 0. The monoisotopic (exact) mass is 337 g/mol. The third-order valence-corrected chi connectivity index (χ3v) is 3.90. The maximum absolute atomic E-state index is 12.0. The van der Waals surface area contributed by atoms with E-state index in [1.807, 2.05) is 49.4 Å². The third kappa shape index (κ3) is 6.11. The number of hydrogen-bond acceptors (Lipinski definition) is 2. The van der Waals surface area contributed by atoms with E-state index in [4.69, 9.17) is 4.74 Å². The van der Waals surface area contributed by atoms with E-state index in [2.05, 4.69) is 38.2 Å². The van der Waals surface area contributed by atoms with Crippen LogP contribution in [0.15, 0.2) is 54.6 Å². The Kier molecular flexibility index (Phi) is 6.40. The van der Waals surface area contributed by atoms with Gasteiger partial charge in [-0.2, -0.15) is 0 Å². The molecule has 0 radical (unpaired) electrons. The second-order valence-corrected chi connectivity index (χ2v) is 7.00. The topological polar surface area (TPSA) is 38.3 Å². The van der Waals surface area contributed by atoms with Crippen LogP contribution in [0.4, 0.5) is 0 Å². The second kappa shape index (κ2) is 8.52. The number of benzene rings is 2. The Morgan fingerprint density at radius 1 is 1.04 bits per heavy atom. The minimum Gasteiger partial charge on any atom is -0.494 e. The minimum absolute atomic E-state index is 0.103. The van der Waals surface area contributed by atoms with E-state index >= 15 is 0 Å². The first kappa shape index (κ1) is 18.8. The predicted molar refractivity (Wildman–Crippen MR) is 104 cm³/mol. The van der Waals surface area contributed by atoms with Gasteiger partial charge in [0.25, 0.3) is 0 Å². The highest BCUT2D eigenvalue weighted by Crippen LogP contribution is 2.22. The lowest BCUT2D eigenvalue weighted by Crippen LogP contribution is -2.20. The molecular formula is C22H27NO2. The van der Waals surface area contributed by atoms with Gasteiger partial charge in [-0.1, -0.05) is 57.2 Å². The smallest absolute Gasteiger partial charge is 0.244 e. The van der Waals surface area contributed by atoms with Crippen LogP contribution in [0.2, 0.25) is 0 Å². The Balaban J connectivity index is 1.86. The van der Waals surface area contributed by atoms with E-state index in [0.29, 0.717) is 13.2 Å². The largest absolute Gasteiger partial charge is 0.494 e. The van der Waals surface area contributed by atoms with Gasteiger partial charge in [0.1, 0.15) is 5.75 Å². The number of hydrogen-bond donors (Lipinski definition) is 1. The molecule has 25 heavy (non-hydrogen) atoms. The summed E-state index contributed by atoms with van der Waals surface area (Å²) >= 11 is 0. The fourth-order valence-corrected chi connectivity index (χ4v) is 2.38. The van der Waals surface area contributed by atoms with Crippen LogP contribution < -0.4 is 10.1 Å². The summed E-state index contributed by atoms with van der Waals surface area (Å²) in [5, 5.41) is 2.89. The van der Waals surface area contributed by atoms with Crippen molar-refractivity contribution in [3.8, 4) is 5.75 Å². The summed E-state index contributed by atoms with van der Waals surface area (Å²) in [6.07, 6.45) is 3.40. The first-order valence-electron chi connectivity index (χ1n) is 8.66. The van der Waals surface area contributed by atoms with E-state index in [1.54, 1.807) is 6.08 Å². The maximum Gasteiger partial charge on any atom is 0.244 e. The summed E-state index contributed by atoms with van der Waals surface area (Å²) < 4.78 is 5.40. The molecule has 0 aliphatic carbocycles. The number of rotatable bonds is 6. The lowest BCUT2D eigenvalue weighted by molar-refractivity contribution is -0.116. The molecule has 1 amide bonds. The van der Waals surface area contributed by atoms with Crippen molar-refractivity contribution >= 4 is 12.0 Å². The Labute approximate surface area is 150 Å². The summed E-state index contributed by atoms with van der Waals surface area (Å²) in [4.78, 5) is 12.0. The van der Waals surface area contributed by atoms with Crippen LogP contribution in [-0.4, -0.2) is 12.5 Å². The summed E-state index contributed by atoms with van der Waals surface area (Å²) in [5.41, 5.74) is 3.48. The Morgan fingerprint density at radius 3 is 2.24 bits per heavy atom. The highest BCUT2D eigenvalue weighted by molar-refractivity contribution is 5.91. The molecule has 0 bridgehead atoms. The Hall–Kier alpha value is -2.55. The molecule has 2 aromatic carbocycles. The zero-order chi connectivity index (χ0) is 18.3. The van der Waals surface area contributed by atoms with Gasteiger partial charge in [-0.15, -0.1) is 0 Å². The van der Waals surface area contributed by atoms with Gasteiger partial charge in [0, 0.05) is 12.6 Å². The molecule has 1 N–H and O–H groups in total. The molecule has 0 saturated carbocycles. The van der Waals surface area contributed by atoms with Gasteiger partial charge >= 0.3 is 0 Å². The summed E-state index contributed by atoms with van der Waals surface area (Å²) in [6.45, 7) is 9.66. The quantitative estimate of drug-likeness (QED) is 0.775. The van der Waals surface area contributed by atoms with Gasteiger partial charge in [0.05, 0.1) is 6.61 Å². The van der Waals surface area contributed by atoms with Crippen molar-refractivity contribution in [2.75, 3.05) is 6.61 Å². The molecule has 3 heteroatoms. The standard InChI is InChI=1S/C22H27NO2/c1-5-25-20-13-8-18(9-14-20)16-23-21(24)15-10-17-6-11-19(12-7-17)22(2,3)4/h6-15H,5,16H2,1-4H3,(H,23,24)/b15-10+. The molecule has 2 aromatic rings. The van der Waals surface area contributed by atoms with Crippen LogP contribution in [0.5, 0.6) is 5.75 Å². The van der Waals surface area contributed by atoms with Crippen LogP contribution >= 0.6 is 0 Å². The van der Waals surface area contributed by atoms with Crippen molar-refractivity contribution in [1.29, 1.82) is 0 Å². The molecule has 0 aliphatic heterocycles. The predicted octanol–water partition coefficient (Wildman–Crippen LogP) is 4.71. The fourth-order valence-electron chi connectivity index (χ4n) is 2.38. The molecule has 0 atom stereocenters.